The minimum absolute atomic E-state index is 0.0155. The van der Waals surface area contributed by atoms with Crippen LogP contribution in [0.5, 0.6) is 0 Å². The van der Waals surface area contributed by atoms with Gasteiger partial charge in [0.1, 0.15) is 0 Å². The lowest BCUT2D eigenvalue weighted by Gasteiger charge is -2.06. The van der Waals surface area contributed by atoms with E-state index in [1.54, 1.807) is 103 Å². The molecule has 0 bridgehead atoms. The van der Waals surface area contributed by atoms with Gasteiger partial charge in [-0.15, -0.1) is 98.8 Å². The van der Waals surface area contributed by atoms with Gasteiger partial charge in [-0.2, -0.15) is 0 Å². The normalized spacial score (nSPS) is 11.6. The molecule has 0 aliphatic heterocycles. The summed E-state index contributed by atoms with van der Waals surface area (Å²) in [5, 5.41) is 22.2. The van der Waals surface area contributed by atoms with E-state index in [2.05, 4.69) is 57.1 Å². The number of carbonyl (C=O) groups excluding carboxylic acids is 8. The van der Waals surface area contributed by atoms with Gasteiger partial charge in [0.05, 0.1) is 23.0 Å². The highest BCUT2D eigenvalue weighted by atomic mass is 35.5. The summed E-state index contributed by atoms with van der Waals surface area (Å²) in [4.78, 5) is 121. The standard InChI is InChI=1S/2C14H13NO.2C14H16O.2C13H13ClO.2C13H13NO3/c1-4-6-11(2)9-14(16)12-7-5-8-13(10-12)15-3;1-4-5-11(2)10-14(16)12-6-8-13(15-3)9-7-12;2*1-4-5-12(3)10-14(15)13-8-6-11(2)7-9-13;1-3-5-10(2)8-13(15)11-6-4-7-12(14)9-11;1-3-4-10(2)9-13(15)11-5-7-12(14)8-6-11;1-3-5-10(2)8-13(15)11-6-4-7-12(9-11)14(16)17;1-3-4-10(2)9-13(15)11-5-7-12(8-6-11)14(16)17/h1,5,7-8,10-11H,6,9H2,2H3;1,6-9,11H,5,10H2,2H3;2*1,6-9,12H,5,10H2,2-3H3;1,4,6-7,9-10H,5,8H2,2H3;1,5-8,10H,4,9H2,2H3;1,4,6-7,9-10H,5,8H2,2H3;1,5-8,10H,4,9H2,2H3. The summed E-state index contributed by atoms with van der Waals surface area (Å²) in [5.74, 6) is 22.5. The number of nitrogens with zero attached hydrogens (tertiary/aromatic N) is 4. The average molecular weight is 1730 g/mol. The Bertz CT molecular complexity index is 5160. The van der Waals surface area contributed by atoms with Gasteiger partial charge in [0.15, 0.2) is 57.6 Å². The second-order valence-electron chi connectivity index (χ2n) is 30.8. The zero-order chi connectivity index (χ0) is 94.6. The monoisotopic (exact) mass is 1720 g/mol. The fraction of sp³-hybridized carbons (Fsp3) is 0.315. The van der Waals surface area contributed by atoms with Crippen LogP contribution in [0.15, 0.2) is 194 Å². The Balaban J connectivity index is 0.000000720. The van der Waals surface area contributed by atoms with Gasteiger partial charge in [0, 0.05) is 182 Å². The molecule has 648 valence electrons. The van der Waals surface area contributed by atoms with Crippen molar-refractivity contribution >= 4 is 92.2 Å². The minimum atomic E-state index is -0.512. The van der Waals surface area contributed by atoms with E-state index in [9.17, 15) is 58.6 Å². The van der Waals surface area contributed by atoms with Crippen LogP contribution in [0.1, 0.15) is 252 Å². The molecule has 0 aliphatic rings. The van der Waals surface area contributed by atoms with Gasteiger partial charge in [-0.1, -0.05) is 205 Å². The van der Waals surface area contributed by atoms with Crippen LogP contribution in [0.4, 0.5) is 22.7 Å². The average Bonchev–Trinajstić information content (AvgIpc) is 0.854. The Morgan fingerprint density at radius 3 is 0.786 bits per heavy atom. The van der Waals surface area contributed by atoms with E-state index in [0.29, 0.717) is 158 Å². The number of Topliss-reactive ketones (excluding diaryl/α,β-unsaturated/α-hetero) is 8. The fourth-order valence-electron chi connectivity index (χ4n) is 11.5. The third-order valence-electron chi connectivity index (χ3n) is 18.5. The number of terminal acetylenes is 8. The molecule has 18 heteroatoms. The molecule has 0 heterocycles. The molecule has 0 spiro atoms. The van der Waals surface area contributed by atoms with Crippen LogP contribution in [0.3, 0.4) is 0 Å². The van der Waals surface area contributed by atoms with E-state index >= 15 is 0 Å². The SMILES string of the molecule is C#CCC(C)CC(=O)c1ccc(C)cc1.C#CCC(C)CC(=O)c1ccc(C)cc1.C#CCC(C)CC(=O)c1ccc(Cl)cc1.C#CCC(C)CC(=O)c1ccc([N+](=O)[O-])cc1.C#CCC(C)CC(=O)c1cccc(Cl)c1.C#CCC(C)CC(=O)c1cccc([N+](=O)[O-])c1.[C-]#[N+]c1ccc(C(=O)CC(C)CC#C)cc1.[C-]#[N+]c1cccc(C(=O)CC(C)CC#C)c1. The van der Waals surface area contributed by atoms with Crippen molar-refractivity contribution in [2.24, 2.45) is 47.3 Å². The van der Waals surface area contributed by atoms with Gasteiger partial charge in [-0.3, -0.25) is 58.6 Å². The summed E-state index contributed by atoms with van der Waals surface area (Å²) >= 11 is 11.5. The smallest absolute Gasteiger partial charge is 0.270 e. The second kappa shape index (κ2) is 63.0. The molecule has 8 aromatic carbocycles. The first-order valence-electron chi connectivity index (χ1n) is 40.8. The summed E-state index contributed by atoms with van der Waals surface area (Å²) in [6.07, 6.45) is 50.0. The molecule has 0 saturated heterocycles. The summed E-state index contributed by atoms with van der Waals surface area (Å²) in [5.41, 5.74) is 8.31. The molecule has 0 fully saturated rings. The first-order chi connectivity index (χ1) is 59.9. The summed E-state index contributed by atoms with van der Waals surface area (Å²) in [6, 6.07) is 54.1. The molecule has 8 rings (SSSR count). The number of carbonyl (C=O) groups is 8. The Kier molecular flexibility index (Phi) is 55.0. The van der Waals surface area contributed by atoms with E-state index in [0.717, 1.165) is 11.1 Å². The number of rotatable bonds is 34. The van der Waals surface area contributed by atoms with Crippen LogP contribution in [0, 0.1) is 193 Å². The lowest BCUT2D eigenvalue weighted by atomic mass is 9.97. The van der Waals surface area contributed by atoms with Crippen molar-refractivity contribution in [3.63, 3.8) is 0 Å². The molecule has 126 heavy (non-hydrogen) atoms. The third kappa shape index (κ3) is 47.4. The Hall–Kier alpha value is -14.0. The molecule has 16 nitrogen and oxygen atoms in total. The van der Waals surface area contributed by atoms with Crippen molar-refractivity contribution in [1.29, 1.82) is 0 Å². The number of halogens is 2. The Morgan fingerprint density at radius 2 is 0.524 bits per heavy atom. The van der Waals surface area contributed by atoms with E-state index in [1.165, 1.54) is 53.6 Å². The summed E-state index contributed by atoms with van der Waals surface area (Å²) in [7, 11) is 0. The van der Waals surface area contributed by atoms with Crippen molar-refractivity contribution in [3.8, 4) is 98.8 Å². The van der Waals surface area contributed by atoms with Gasteiger partial charge >= 0.3 is 0 Å². The third-order valence-corrected chi connectivity index (χ3v) is 18.9. The number of hydrogen-bond donors (Lipinski definition) is 0. The quantitative estimate of drug-likeness (QED) is 0.0120. The maximum absolute atomic E-state index is 11.8. The first kappa shape index (κ1) is 110. The topological polar surface area (TPSA) is 232 Å². The van der Waals surface area contributed by atoms with Crippen molar-refractivity contribution in [1.82, 2.24) is 0 Å². The first-order valence-corrected chi connectivity index (χ1v) is 41.5. The predicted octanol–water partition coefficient (Wildman–Crippen LogP) is 26.2. The molecular formula is C108H110Cl2N4O12. The van der Waals surface area contributed by atoms with Crippen LogP contribution in [-0.4, -0.2) is 56.1 Å². The Morgan fingerprint density at radius 1 is 0.294 bits per heavy atom. The number of aryl methyl sites for hydroxylation is 2. The zero-order valence-corrected chi connectivity index (χ0v) is 75.0. The van der Waals surface area contributed by atoms with Gasteiger partial charge in [-0.25, -0.2) is 9.69 Å². The Labute approximate surface area is 756 Å². The number of non-ortho nitro benzene ring substituents is 2. The van der Waals surface area contributed by atoms with Crippen LogP contribution >= 0.6 is 23.2 Å². The largest absolute Gasteiger partial charge is 0.294 e. The lowest BCUT2D eigenvalue weighted by molar-refractivity contribution is -0.385. The zero-order valence-electron chi connectivity index (χ0n) is 73.5. The van der Waals surface area contributed by atoms with Crippen LogP contribution in [0.2, 0.25) is 10.0 Å². The maximum Gasteiger partial charge on any atom is 0.270 e. The second-order valence-corrected chi connectivity index (χ2v) is 31.7. The minimum Gasteiger partial charge on any atom is -0.294 e. The molecule has 0 aliphatic carbocycles. The van der Waals surface area contributed by atoms with Crippen molar-refractivity contribution in [2.45, 2.75) is 172 Å². The molecule has 8 atom stereocenters. The van der Waals surface area contributed by atoms with Crippen LogP contribution in [0.25, 0.3) is 9.69 Å². The molecule has 8 unspecified atom stereocenters. The highest BCUT2D eigenvalue weighted by molar-refractivity contribution is 6.31. The van der Waals surface area contributed by atoms with E-state index in [1.807, 2.05) is 118 Å². The lowest BCUT2D eigenvalue weighted by Crippen LogP contribution is -2.06. The summed E-state index contributed by atoms with van der Waals surface area (Å²) < 4.78 is 0. The van der Waals surface area contributed by atoms with Crippen LogP contribution in [-0.2, 0) is 0 Å². The van der Waals surface area contributed by atoms with Crippen molar-refractivity contribution in [2.75, 3.05) is 0 Å². The molecule has 0 aromatic heterocycles. The van der Waals surface area contributed by atoms with Gasteiger partial charge in [0.2, 0.25) is 0 Å². The van der Waals surface area contributed by atoms with Crippen molar-refractivity contribution in [3.05, 3.63) is 303 Å². The van der Waals surface area contributed by atoms with Crippen molar-refractivity contribution < 1.29 is 48.2 Å². The molecule has 0 N–H and O–H groups in total. The molecule has 0 radical (unpaired) electrons. The van der Waals surface area contributed by atoms with Gasteiger partial charge in [0.25, 0.3) is 11.4 Å². The molecule has 8 aromatic rings. The van der Waals surface area contributed by atoms with Crippen LogP contribution < -0.4 is 0 Å². The number of ketones is 8. The highest BCUT2D eigenvalue weighted by Gasteiger charge is 2.19. The number of benzene rings is 8. The highest BCUT2D eigenvalue weighted by Crippen LogP contribution is 2.25. The maximum atomic E-state index is 11.8. The van der Waals surface area contributed by atoms with E-state index in [4.69, 9.17) is 87.7 Å². The molecular weight excluding hydrogens is 1620 g/mol. The summed E-state index contributed by atoms with van der Waals surface area (Å²) in [6.45, 7) is 33.4. The van der Waals surface area contributed by atoms with E-state index in [-0.39, 0.29) is 105 Å². The predicted molar refractivity (Wildman–Crippen MR) is 509 cm³/mol. The van der Waals surface area contributed by atoms with E-state index < -0.39 is 9.85 Å². The molecule has 0 amide bonds. The molecule has 0 saturated carbocycles. The number of nitro groups is 2. The number of nitro benzene ring substituents is 2. The van der Waals surface area contributed by atoms with Gasteiger partial charge in [-0.05, 0) is 116 Å². The fourth-order valence-corrected chi connectivity index (χ4v) is 11.8. The van der Waals surface area contributed by atoms with Gasteiger partial charge < -0.3 is 0 Å². The number of hydrogen-bond acceptors (Lipinski definition) is 12.